The molecule has 1 atom stereocenters. The van der Waals surface area contributed by atoms with Crippen molar-refractivity contribution in [2.75, 3.05) is 19.0 Å². The number of hydrogen-bond acceptors (Lipinski definition) is 3. The number of rotatable bonds is 3. The van der Waals surface area contributed by atoms with E-state index in [0.29, 0.717) is 5.76 Å². The number of furan rings is 1. The van der Waals surface area contributed by atoms with Gasteiger partial charge in [0.2, 0.25) is 0 Å². The number of hydrogen-bond donors (Lipinski definition) is 1. The van der Waals surface area contributed by atoms with Crippen LogP contribution in [0.25, 0.3) is 11.0 Å². The average Bonchev–Trinajstić information content (AvgIpc) is 2.92. The molecule has 3 rings (SSSR count). The van der Waals surface area contributed by atoms with E-state index in [9.17, 15) is 4.39 Å². The van der Waals surface area contributed by atoms with Crippen LogP contribution in [0.1, 0.15) is 17.4 Å². The van der Waals surface area contributed by atoms with Gasteiger partial charge in [0.05, 0.1) is 6.04 Å². The van der Waals surface area contributed by atoms with E-state index < -0.39 is 6.04 Å². The molecule has 0 spiro atoms. The van der Waals surface area contributed by atoms with Crippen LogP contribution in [0.5, 0.6) is 0 Å². The first-order chi connectivity index (χ1) is 10.1. The summed E-state index contributed by atoms with van der Waals surface area (Å²) < 4.78 is 19.2. The molecule has 1 heterocycles. The maximum absolute atomic E-state index is 13.7. The summed E-state index contributed by atoms with van der Waals surface area (Å²) in [5, 5.41) is 0.727. The maximum atomic E-state index is 13.7. The van der Waals surface area contributed by atoms with Crippen molar-refractivity contribution in [3.05, 3.63) is 65.7 Å². The first kappa shape index (κ1) is 13.6. The molecule has 3 aromatic rings. The van der Waals surface area contributed by atoms with E-state index in [1.165, 1.54) is 6.07 Å². The molecule has 0 saturated heterocycles. The number of para-hydroxylation sites is 1. The lowest BCUT2D eigenvalue weighted by Crippen LogP contribution is -2.12. The van der Waals surface area contributed by atoms with E-state index in [1.807, 2.05) is 49.3 Å². The van der Waals surface area contributed by atoms with Gasteiger partial charge in [-0.25, -0.2) is 4.39 Å². The zero-order valence-corrected chi connectivity index (χ0v) is 12.0. The van der Waals surface area contributed by atoms with Crippen LogP contribution in [0.15, 0.2) is 52.9 Å². The summed E-state index contributed by atoms with van der Waals surface area (Å²) in [4.78, 5) is 2.02. The van der Waals surface area contributed by atoms with Crippen LogP contribution in [-0.2, 0) is 0 Å². The first-order valence-electron chi connectivity index (χ1n) is 6.77. The standard InChI is InChI=1S/C17H17FN2O/c1-20(2)13-8-6-11(7-9-13)16(19)15-10-12-4-3-5-14(18)17(12)21-15/h3-10,16H,19H2,1-2H3. The van der Waals surface area contributed by atoms with Crippen LogP contribution in [0.4, 0.5) is 10.1 Å². The highest BCUT2D eigenvalue weighted by atomic mass is 19.1. The molecule has 0 aliphatic heterocycles. The molecule has 3 nitrogen and oxygen atoms in total. The number of anilines is 1. The number of fused-ring (bicyclic) bond motifs is 1. The van der Waals surface area contributed by atoms with Crippen LogP contribution in [-0.4, -0.2) is 14.1 Å². The lowest BCUT2D eigenvalue weighted by Gasteiger charge is -2.14. The van der Waals surface area contributed by atoms with E-state index >= 15 is 0 Å². The Hall–Kier alpha value is -2.33. The van der Waals surface area contributed by atoms with Crippen LogP contribution >= 0.6 is 0 Å². The summed E-state index contributed by atoms with van der Waals surface area (Å²) in [6.07, 6.45) is 0. The highest BCUT2D eigenvalue weighted by Crippen LogP contribution is 2.28. The van der Waals surface area contributed by atoms with Crippen LogP contribution < -0.4 is 10.6 Å². The van der Waals surface area contributed by atoms with Crippen molar-refractivity contribution < 1.29 is 8.81 Å². The number of nitrogens with zero attached hydrogens (tertiary/aromatic N) is 1. The molecule has 0 bridgehead atoms. The molecular formula is C17H17FN2O. The Kier molecular flexibility index (Phi) is 3.39. The van der Waals surface area contributed by atoms with Crippen LogP contribution in [0.3, 0.4) is 0 Å². The lowest BCUT2D eigenvalue weighted by molar-refractivity contribution is 0.502. The number of benzene rings is 2. The van der Waals surface area contributed by atoms with E-state index in [-0.39, 0.29) is 11.4 Å². The van der Waals surface area contributed by atoms with Crippen molar-refractivity contribution in [1.82, 2.24) is 0 Å². The SMILES string of the molecule is CN(C)c1ccc(C(N)c2cc3cccc(F)c3o2)cc1. The minimum atomic E-state index is -0.409. The largest absolute Gasteiger partial charge is 0.456 e. The number of nitrogens with two attached hydrogens (primary N) is 1. The van der Waals surface area contributed by atoms with Crippen molar-refractivity contribution >= 4 is 16.7 Å². The second-order valence-electron chi connectivity index (χ2n) is 5.27. The second kappa shape index (κ2) is 5.22. The fraction of sp³-hybridized carbons (Fsp3) is 0.176. The van der Waals surface area contributed by atoms with Crippen molar-refractivity contribution in [3.63, 3.8) is 0 Å². The van der Waals surface area contributed by atoms with Crippen molar-refractivity contribution in [3.8, 4) is 0 Å². The Morgan fingerprint density at radius 2 is 1.81 bits per heavy atom. The van der Waals surface area contributed by atoms with Crippen molar-refractivity contribution in [1.29, 1.82) is 0 Å². The summed E-state index contributed by atoms with van der Waals surface area (Å²) in [7, 11) is 3.97. The van der Waals surface area contributed by atoms with Gasteiger partial charge in [-0.2, -0.15) is 0 Å². The minimum Gasteiger partial charge on any atom is -0.456 e. The molecule has 1 unspecified atom stereocenters. The van der Waals surface area contributed by atoms with E-state index in [2.05, 4.69) is 0 Å². The summed E-state index contributed by atoms with van der Waals surface area (Å²) in [6.45, 7) is 0. The van der Waals surface area contributed by atoms with E-state index in [0.717, 1.165) is 16.6 Å². The lowest BCUT2D eigenvalue weighted by atomic mass is 10.0. The van der Waals surface area contributed by atoms with Crippen molar-refractivity contribution in [2.24, 2.45) is 5.73 Å². The zero-order valence-electron chi connectivity index (χ0n) is 12.0. The molecule has 1 aromatic heterocycles. The molecule has 0 radical (unpaired) electrons. The van der Waals surface area contributed by atoms with Crippen LogP contribution in [0.2, 0.25) is 0 Å². The molecule has 4 heteroatoms. The molecule has 0 aliphatic carbocycles. The number of halogens is 1. The minimum absolute atomic E-state index is 0.257. The monoisotopic (exact) mass is 284 g/mol. The molecular weight excluding hydrogens is 267 g/mol. The normalized spacial score (nSPS) is 12.6. The average molecular weight is 284 g/mol. The highest BCUT2D eigenvalue weighted by molar-refractivity contribution is 5.78. The van der Waals surface area contributed by atoms with Gasteiger partial charge in [-0.3, -0.25) is 0 Å². The summed E-state index contributed by atoms with van der Waals surface area (Å²) >= 11 is 0. The van der Waals surface area contributed by atoms with Gasteiger partial charge in [0.1, 0.15) is 5.76 Å². The van der Waals surface area contributed by atoms with Gasteiger partial charge in [0, 0.05) is 25.2 Å². The maximum Gasteiger partial charge on any atom is 0.169 e. The molecule has 21 heavy (non-hydrogen) atoms. The third-order valence-corrected chi connectivity index (χ3v) is 3.59. The zero-order chi connectivity index (χ0) is 15.0. The van der Waals surface area contributed by atoms with E-state index in [1.54, 1.807) is 12.1 Å². The third kappa shape index (κ3) is 2.50. The summed E-state index contributed by atoms with van der Waals surface area (Å²) in [5.41, 5.74) is 8.51. The molecule has 108 valence electrons. The fourth-order valence-electron chi connectivity index (χ4n) is 2.34. The fourth-order valence-corrected chi connectivity index (χ4v) is 2.34. The van der Waals surface area contributed by atoms with Crippen molar-refractivity contribution in [2.45, 2.75) is 6.04 Å². The molecule has 2 N–H and O–H groups in total. The first-order valence-corrected chi connectivity index (χ1v) is 6.77. The Morgan fingerprint density at radius 1 is 1.10 bits per heavy atom. The molecule has 0 amide bonds. The quantitative estimate of drug-likeness (QED) is 0.797. The summed E-state index contributed by atoms with van der Waals surface area (Å²) in [6, 6.07) is 14.2. The second-order valence-corrected chi connectivity index (χ2v) is 5.27. The molecule has 2 aromatic carbocycles. The van der Waals surface area contributed by atoms with Gasteiger partial charge in [-0.15, -0.1) is 0 Å². The van der Waals surface area contributed by atoms with Crippen LogP contribution in [0, 0.1) is 5.82 Å². The van der Waals surface area contributed by atoms with E-state index in [4.69, 9.17) is 10.2 Å². The molecule has 0 fully saturated rings. The molecule has 0 aliphatic rings. The molecule has 0 saturated carbocycles. The van der Waals surface area contributed by atoms with Gasteiger partial charge < -0.3 is 15.1 Å². The van der Waals surface area contributed by atoms with Gasteiger partial charge in [-0.05, 0) is 29.8 Å². The Labute approximate surface area is 122 Å². The summed E-state index contributed by atoms with van der Waals surface area (Å²) in [5.74, 6) is 0.196. The van der Waals surface area contributed by atoms with Gasteiger partial charge in [0.25, 0.3) is 0 Å². The topological polar surface area (TPSA) is 42.4 Å². The Bertz CT molecular complexity index is 762. The van der Waals surface area contributed by atoms with Gasteiger partial charge in [-0.1, -0.05) is 24.3 Å². The Balaban J connectivity index is 1.96. The smallest absolute Gasteiger partial charge is 0.169 e. The highest BCUT2D eigenvalue weighted by Gasteiger charge is 2.16. The Morgan fingerprint density at radius 3 is 2.43 bits per heavy atom. The van der Waals surface area contributed by atoms with Gasteiger partial charge in [0.15, 0.2) is 11.4 Å². The van der Waals surface area contributed by atoms with Gasteiger partial charge >= 0.3 is 0 Å². The predicted molar refractivity (Wildman–Crippen MR) is 83.0 cm³/mol. The predicted octanol–water partition coefficient (Wildman–Crippen LogP) is 3.69. The third-order valence-electron chi connectivity index (χ3n) is 3.59.